The van der Waals surface area contributed by atoms with Crippen molar-refractivity contribution in [2.45, 2.75) is 32.0 Å². The molecule has 0 aromatic heterocycles. The van der Waals surface area contributed by atoms with Crippen molar-refractivity contribution in [1.82, 2.24) is 10.2 Å². The molecular formula is C35H40N2O6. The molecule has 4 rings (SSSR count). The standard InChI is InChI=1S/C35H40N2O6/c1-3-41-35(39)43-31-19-18-27(26-32(31)40-2)12-10-11-17-33(38)36-22-25-37-23-20-30(21-24-37)42-34(28-13-6-4-7-14-28)29-15-8-5-9-16-29/h4-19,26,30,34H,3,20-25H2,1-2H3,(H,36,38)/b12-10+,17-11+. The van der Waals surface area contributed by atoms with Crippen molar-refractivity contribution in [3.8, 4) is 11.5 Å². The number of carbonyl (C=O) groups excluding carboxylic acids is 2. The minimum atomic E-state index is -0.785. The molecule has 1 heterocycles. The summed E-state index contributed by atoms with van der Waals surface area (Å²) in [5, 5.41) is 2.96. The van der Waals surface area contributed by atoms with Gasteiger partial charge in [0.05, 0.1) is 19.8 Å². The van der Waals surface area contributed by atoms with Crippen LogP contribution in [0, 0.1) is 0 Å². The van der Waals surface area contributed by atoms with E-state index >= 15 is 0 Å². The zero-order valence-electron chi connectivity index (χ0n) is 24.8. The molecule has 0 saturated carbocycles. The topological polar surface area (TPSA) is 86.3 Å². The Morgan fingerprint density at radius 3 is 2.23 bits per heavy atom. The number of allylic oxidation sites excluding steroid dienone is 2. The van der Waals surface area contributed by atoms with Crippen molar-refractivity contribution >= 4 is 18.1 Å². The number of methoxy groups -OCH3 is 1. The van der Waals surface area contributed by atoms with Crippen LogP contribution in [0.2, 0.25) is 0 Å². The molecule has 3 aromatic rings. The predicted octanol–water partition coefficient (Wildman–Crippen LogP) is 6.19. The molecule has 0 atom stereocenters. The number of hydrogen-bond donors (Lipinski definition) is 1. The highest BCUT2D eigenvalue weighted by Crippen LogP contribution is 2.30. The molecule has 1 aliphatic heterocycles. The Kier molecular flexibility index (Phi) is 12.4. The number of nitrogens with one attached hydrogen (secondary N) is 1. The Hall–Kier alpha value is -4.40. The van der Waals surface area contributed by atoms with Crippen molar-refractivity contribution in [2.24, 2.45) is 0 Å². The maximum atomic E-state index is 12.3. The molecule has 1 amide bonds. The lowest BCUT2D eigenvalue weighted by Gasteiger charge is -2.34. The number of hydrogen-bond acceptors (Lipinski definition) is 7. The molecule has 226 valence electrons. The van der Waals surface area contributed by atoms with E-state index in [0.29, 0.717) is 12.3 Å². The molecule has 1 aliphatic rings. The third-order valence-corrected chi connectivity index (χ3v) is 7.09. The van der Waals surface area contributed by atoms with E-state index in [4.69, 9.17) is 18.9 Å². The number of amides is 1. The largest absolute Gasteiger partial charge is 0.513 e. The molecule has 0 radical (unpaired) electrons. The Bertz CT molecular complexity index is 1310. The summed E-state index contributed by atoms with van der Waals surface area (Å²) in [4.78, 5) is 26.2. The van der Waals surface area contributed by atoms with Gasteiger partial charge in [0.15, 0.2) is 11.5 Å². The zero-order valence-corrected chi connectivity index (χ0v) is 24.8. The fourth-order valence-electron chi connectivity index (χ4n) is 4.88. The van der Waals surface area contributed by atoms with Gasteiger partial charge in [-0.25, -0.2) is 4.79 Å². The molecule has 1 N–H and O–H groups in total. The Morgan fingerprint density at radius 1 is 0.930 bits per heavy atom. The van der Waals surface area contributed by atoms with Crippen LogP contribution in [-0.4, -0.2) is 63.0 Å². The highest BCUT2D eigenvalue weighted by Gasteiger charge is 2.24. The molecule has 43 heavy (non-hydrogen) atoms. The summed E-state index contributed by atoms with van der Waals surface area (Å²) in [6.07, 6.45) is 8.01. The molecule has 0 spiro atoms. The molecule has 1 saturated heterocycles. The fourth-order valence-corrected chi connectivity index (χ4v) is 4.88. The van der Waals surface area contributed by atoms with E-state index in [0.717, 1.165) is 38.0 Å². The molecule has 3 aromatic carbocycles. The van der Waals surface area contributed by atoms with Crippen molar-refractivity contribution < 1.29 is 28.5 Å². The van der Waals surface area contributed by atoms with Crippen LogP contribution >= 0.6 is 0 Å². The first kappa shape index (κ1) is 31.5. The summed E-state index contributed by atoms with van der Waals surface area (Å²) in [7, 11) is 1.49. The highest BCUT2D eigenvalue weighted by atomic mass is 16.7. The number of ether oxygens (including phenoxy) is 4. The van der Waals surface area contributed by atoms with Crippen LogP contribution in [0.4, 0.5) is 4.79 Å². The second-order valence-electron chi connectivity index (χ2n) is 10.1. The first-order chi connectivity index (χ1) is 21.1. The quantitative estimate of drug-likeness (QED) is 0.111. The van der Waals surface area contributed by atoms with E-state index in [1.807, 2.05) is 18.2 Å². The third kappa shape index (κ3) is 10.1. The second-order valence-corrected chi connectivity index (χ2v) is 10.1. The monoisotopic (exact) mass is 584 g/mol. The van der Waals surface area contributed by atoms with Crippen molar-refractivity contribution in [3.63, 3.8) is 0 Å². The summed E-state index contributed by atoms with van der Waals surface area (Å²) in [5.41, 5.74) is 3.16. The summed E-state index contributed by atoms with van der Waals surface area (Å²) in [6, 6.07) is 25.9. The van der Waals surface area contributed by atoms with Gasteiger partial charge in [-0.05, 0) is 48.6 Å². The maximum Gasteiger partial charge on any atom is 0.513 e. The predicted molar refractivity (Wildman–Crippen MR) is 167 cm³/mol. The summed E-state index contributed by atoms with van der Waals surface area (Å²) >= 11 is 0. The smallest absolute Gasteiger partial charge is 0.493 e. The van der Waals surface area contributed by atoms with Gasteiger partial charge in [-0.3, -0.25) is 4.79 Å². The minimum absolute atomic E-state index is 0.0780. The summed E-state index contributed by atoms with van der Waals surface area (Å²) < 4.78 is 21.9. The Morgan fingerprint density at radius 2 is 1.60 bits per heavy atom. The van der Waals surface area contributed by atoms with Gasteiger partial charge in [0.25, 0.3) is 0 Å². The fraction of sp³-hybridized carbons (Fsp3) is 0.314. The minimum Gasteiger partial charge on any atom is -0.493 e. The molecule has 8 heteroatoms. The summed E-state index contributed by atoms with van der Waals surface area (Å²) in [6.45, 7) is 5.16. The lowest BCUT2D eigenvalue weighted by atomic mass is 10.00. The van der Waals surface area contributed by atoms with Gasteiger partial charge in [0.1, 0.15) is 6.10 Å². The molecule has 0 aliphatic carbocycles. The normalized spacial score (nSPS) is 14.3. The molecule has 8 nitrogen and oxygen atoms in total. The van der Waals surface area contributed by atoms with E-state index < -0.39 is 6.16 Å². The maximum absolute atomic E-state index is 12.3. The van der Waals surface area contributed by atoms with Gasteiger partial charge in [-0.1, -0.05) is 85.0 Å². The van der Waals surface area contributed by atoms with Gasteiger partial charge in [-0.2, -0.15) is 0 Å². The number of rotatable bonds is 13. The number of carbonyl (C=O) groups is 2. The van der Waals surface area contributed by atoms with E-state index in [9.17, 15) is 9.59 Å². The molecular weight excluding hydrogens is 544 g/mol. The molecule has 0 bridgehead atoms. The van der Waals surface area contributed by atoms with Crippen LogP contribution in [0.3, 0.4) is 0 Å². The SMILES string of the molecule is CCOC(=O)Oc1ccc(/C=C/C=C/C(=O)NCCN2CCC(OC(c3ccccc3)c3ccccc3)CC2)cc1OC. The first-order valence-corrected chi connectivity index (χ1v) is 14.7. The van der Waals surface area contributed by atoms with Crippen molar-refractivity contribution in [2.75, 3.05) is 39.9 Å². The Balaban J connectivity index is 1.17. The number of benzene rings is 3. The second kappa shape index (κ2) is 16.9. The van der Waals surface area contributed by atoms with Crippen LogP contribution in [0.15, 0.2) is 97.1 Å². The molecule has 0 unspecified atom stereocenters. The van der Waals surface area contributed by atoms with Gasteiger partial charge < -0.3 is 29.2 Å². The average Bonchev–Trinajstić information content (AvgIpc) is 3.04. The van der Waals surface area contributed by atoms with E-state index in [1.165, 1.54) is 24.3 Å². The lowest BCUT2D eigenvalue weighted by Crippen LogP contribution is -2.41. The Labute approximate surface area is 253 Å². The van der Waals surface area contributed by atoms with Gasteiger partial charge in [-0.15, -0.1) is 0 Å². The van der Waals surface area contributed by atoms with Gasteiger partial charge >= 0.3 is 6.16 Å². The first-order valence-electron chi connectivity index (χ1n) is 14.7. The van der Waals surface area contributed by atoms with E-state index in [1.54, 1.807) is 37.3 Å². The van der Waals surface area contributed by atoms with Crippen molar-refractivity contribution in [3.05, 3.63) is 114 Å². The van der Waals surface area contributed by atoms with Crippen molar-refractivity contribution in [1.29, 1.82) is 0 Å². The van der Waals surface area contributed by atoms with E-state index in [-0.39, 0.29) is 30.5 Å². The van der Waals surface area contributed by atoms with Crippen LogP contribution < -0.4 is 14.8 Å². The summed E-state index contributed by atoms with van der Waals surface area (Å²) in [5.74, 6) is 0.528. The molecule has 1 fully saturated rings. The van der Waals surface area contributed by atoms with E-state index in [2.05, 4.69) is 58.7 Å². The van der Waals surface area contributed by atoms with Crippen LogP contribution in [0.25, 0.3) is 6.08 Å². The van der Waals surface area contributed by atoms with Gasteiger partial charge in [0.2, 0.25) is 5.91 Å². The lowest BCUT2D eigenvalue weighted by molar-refractivity contribution is -0.116. The van der Waals surface area contributed by atoms with Crippen LogP contribution in [0.1, 0.15) is 42.6 Å². The van der Waals surface area contributed by atoms with Crippen LogP contribution in [-0.2, 0) is 14.3 Å². The average molecular weight is 585 g/mol. The zero-order chi connectivity index (χ0) is 30.3. The highest BCUT2D eigenvalue weighted by molar-refractivity contribution is 5.87. The number of piperidine rings is 1. The number of nitrogens with zero attached hydrogens (tertiary/aromatic N) is 1. The van der Waals surface area contributed by atoms with Crippen LogP contribution in [0.5, 0.6) is 11.5 Å². The van der Waals surface area contributed by atoms with Gasteiger partial charge in [0, 0.05) is 32.3 Å². The number of likely N-dealkylation sites (tertiary alicyclic amines) is 1. The third-order valence-electron chi connectivity index (χ3n) is 7.09.